The Morgan fingerprint density at radius 2 is 1.73 bits per heavy atom. The van der Waals surface area contributed by atoms with Gasteiger partial charge in [0.1, 0.15) is 5.52 Å². The molecule has 0 bridgehead atoms. The summed E-state index contributed by atoms with van der Waals surface area (Å²) < 4.78 is 0. The van der Waals surface area contributed by atoms with Gasteiger partial charge in [0.05, 0.1) is 5.52 Å². The number of anilines is 1. The van der Waals surface area contributed by atoms with Crippen LogP contribution in [0.15, 0.2) is 42.7 Å². The molecular formula is C14H13N7O. The minimum atomic E-state index is -0.367. The smallest absolute Gasteiger partial charge is 0.291 e. The second-order valence-corrected chi connectivity index (χ2v) is 4.38. The molecule has 0 unspecified atom stereocenters. The molecule has 0 spiro atoms. The van der Waals surface area contributed by atoms with E-state index in [0.717, 1.165) is 0 Å². The van der Waals surface area contributed by atoms with Gasteiger partial charge in [0, 0.05) is 25.5 Å². The number of nitrogens with zero attached hydrogens (tertiary/aromatic N) is 5. The van der Waals surface area contributed by atoms with E-state index in [1.54, 1.807) is 30.6 Å². The third kappa shape index (κ3) is 3.29. The molecule has 110 valence electrons. The van der Waals surface area contributed by atoms with Gasteiger partial charge in [-0.25, -0.2) is 15.0 Å². The average molecular weight is 295 g/mol. The third-order valence-corrected chi connectivity index (χ3v) is 2.82. The number of hydrogen-bond acceptors (Lipinski definition) is 7. The largest absolute Gasteiger partial charge is 0.352 e. The lowest BCUT2D eigenvalue weighted by Crippen LogP contribution is -2.30. The topological polar surface area (TPSA) is 106 Å². The van der Waals surface area contributed by atoms with Crippen LogP contribution in [-0.4, -0.2) is 44.1 Å². The lowest BCUT2D eigenvalue weighted by molar-refractivity contribution is 0.0944. The first-order valence-corrected chi connectivity index (χ1v) is 6.71. The molecule has 3 rings (SSSR count). The lowest BCUT2D eigenvalue weighted by Gasteiger charge is -2.05. The molecule has 3 aromatic rings. The molecule has 0 fully saturated rings. The molecule has 0 aliphatic heterocycles. The Labute approximate surface area is 126 Å². The molecule has 0 radical (unpaired) electrons. The molecule has 1 amide bonds. The molecule has 22 heavy (non-hydrogen) atoms. The van der Waals surface area contributed by atoms with Crippen LogP contribution in [-0.2, 0) is 0 Å². The molecule has 2 heterocycles. The zero-order valence-electron chi connectivity index (χ0n) is 11.6. The highest BCUT2D eigenvalue weighted by Crippen LogP contribution is 2.06. The maximum absolute atomic E-state index is 12.0. The highest BCUT2D eigenvalue weighted by atomic mass is 16.2. The number of para-hydroxylation sites is 1. The van der Waals surface area contributed by atoms with Gasteiger partial charge in [0.2, 0.25) is 11.8 Å². The molecule has 8 heteroatoms. The van der Waals surface area contributed by atoms with E-state index < -0.39 is 0 Å². The van der Waals surface area contributed by atoms with Crippen molar-refractivity contribution < 1.29 is 4.79 Å². The summed E-state index contributed by atoms with van der Waals surface area (Å²) in [6, 6.07) is 8.99. The summed E-state index contributed by atoms with van der Waals surface area (Å²) >= 11 is 0. The van der Waals surface area contributed by atoms with E-state index in [1.807, 2.05) is 12.1 Å². The van der Waals surface area contributed by atoms with Crippen LogP contribution in [0.4, 0.5) is 5.95 Å². The second-order valence-electron chi connectivity index (χ2n) is 4.38. The fraction of sp³-hybridized carbons (Fsp3) is 0.143. The van der Waals surface area contributed by atoms with Crippen molar-refractivity contribution in [1.29, 1.82) is 0 Å². The van der Waals surface area contributed by atoms with Crippen LogP contribution < -0.4 is 10.6 Å². The molecule has 2 aromatic heterocycles. The highest BCUT2D eigenvalue weighted by molar-refractivity contribution is 5.91. The normalized spacial score (nSPS) is 10.4. The number of nitrogens with one attached hydrogen (secondary N) is 2. The molecule has 0 aliphatic rings. The molecule has 1 aromatic carbocycles. The monoisotopic (exact) mass is 295 g/mol. The fourth-order valence-corrected chi connectivity index (χ4v) is 1.80. The number of carbonyl (C=O) groups excluding carboxylic acids is 1. The molecule has 0 saturated carbocycles. The van der Waals surface area contributed by atoms with Crippen LogP contribution >= 0.6 is 0 Å². The summed E-state index contributed by atoms with van der Waals surface area (Å²) in [5.41, 5.74) is 1.29. The van der Waals surface area contributed by atoms with E-state index in [9.17, 15) is 4.79 Å². The van der Waals surface area contributed by atoms with Crippen molar-refractivity contribution in [1.82, 2.24) is 30.5 Å². The first-order chi connectivity index (χ1) is 10.8. The van der Waals surface area contributed by atoms with E-state index >= 15 is 0 Å². The first-order valence-electron chi connectivity index (χ1n) is 6.71. The van der Waals surface area contributed by atoms with Crippen LogP contribution in [0.5, 0.6) is 0 Å². The predicted molar refractivity (Wildman–Crippen MR) is 80.2 cm³/mol. The highest BCUT2D eigenvalue weighted by Gasteiger charge is 2.10. The first kappa shape index (κ1) is 13.8. The van der Waals surface area contributed by atoms with Gasteiger partial charge in [-0.3, -0.25) is 4.79 Å². The zero-order chi connectivity index (χ0) is 15.2. The Morgan fingerprint density at radius 3 is 2.55 bits per heavy atom. The van der Waals surface area contributed by atoms with Crippen LogP contribution in [0, 0.1) is 0 Å². The van der Waals surface area contributed by atoms with Crippen LogP contribution in [0.3, 0.4) is 0 Å². The second kappa shape index (κ2) is 6.53. The van der Waals surface area contributed by atoms with Gasteiger partial charge in [-0.05, 0) is 18.2 Å². The Hall–Kier alpha value is -3.16. The van der Waals surface area contributed by atoms with Gasteiger partial charge in [-0.15, -0.1) is 10.2 Å². The summed E-state index contributed by atoms with van der Waals surface area (Å²) in [6.07, 6.45) is 3.28. The maximum atomic E-state index is 12.0. The SMILES string of the molecule is O=C(NCCNc1ncccn1)c1nnc2ccccc2n1. The summed E-state index contributed by atoms with van der Waals surface area (Å²) in [4.78, 5) is 24.2. The average Bonchev–Trinajstić information content (AvgIpc) is 2.59. The van der Waals surface area contributed by atoms with Gasteiger partial charge in [0.25, 0.3) is 5.91 Å². The third-order valence-electron chi connectivity index (χ3n) is 2.82. The summed E-state index contributed by atoms with van der Waals surface area (Å²) in [5.74, 6) is 0.198. The van der Waals surface area contributed by atoms with E-state index in [0.29, 0.717) is 30.1 Å². The number of carbonyl (C=O) groups is 1. The molecule has 8 nitrogen and oxygen atoms in total. The quantitative estimate of drug-likeness (QED) is 0.666. The van der Waals surface area contributed by atoms with E-state index in [2.05, 4.69) is 35.8 Å². The molecule has 2 N–H and O–H groups in total. The van der Waals surface area contributed by atoms with Crippen molar-refractivity contribution in [3.8, 4) is 0 Å². The predicted octanol–water partition coefficient (Wildman–Crippen LogP) is 0.657. The van der Waals surface area contributed by atoms with Crippen molar-refractivity contribution in [2.45, 2.75) is 0 Å². The van der Waals surface area contributed by atoms with Crippen molar-refractivity contribution in [3.63, 3.8) is 0 Å². The number of amides is 1. The number of fused-ring (bicyclic) bond motifs is 1. The molecule has 0 atom stereocenters. The summed E-state index contributed by atoms with van der Waals surface area (Å²) in [6.45, 7) is 0.893. The van der Waals surface area contributed by atoms with Crippen molar-refractivity contribution in [2.75, 3.05) is 18.4 Å². The van der Waals surface area contributed by atoms with Crippen molar-refractivity contribution in [2.24, 2.45) is 0 Å². The van der Waals surface area contributed by atoms with Gasteiger partial charge in [-0.2, -0.15) is 0 Å². The standard InChI is InChI=1S/C14H13N7O/c22-13(15-8-9-18-14-16-6-3-7-17-14)12-19-10-4-1-2-5-11(10)20-21-12/h1-7H,8-9H2,(H,15,22)(H,16,17,18). The van der Waals surface area contributed by atoms with Gasteiger partial charge in [0.15, 0.2) is 0 Å². The van der Waals surface area contributed by atoms with Crippen molar-refractivity contribution >= 4 is 22.9 Å². The Bertz CT molecular complexity index is 778. The van der Waals surface area contributed by atoms with Gasteiger partial charge >= 0.3 is 0 Å². The summed E-state index contributed by atoms with van der Waals surface area (Å²) in [7, 11) is 0. The lowest BCUT2D eigenvalue weighted by atomic mass is 10.3. The van der Waals surface area contributed by atoms with Gasteiger partial charge in [-0.1, -0.05) is 12.1 Å². The Balaban J connectivity index is 1.54. The summed E-state index contributed by atoms with van der Waals surface area (Å²) in [5, 5.41) is 13.5. The van der Waals surface area contributed by atoms with Crippen LogP contribution in [0.2, 0.25) is 0 Å². The van der Waals surface area contributed by atoms with Crippen LogP contribution in [0.1, 0.15) is 10.6 Å². The Morgan fingerprint density at radius 1 is 0.955 bits per heavy atom. The number of aromatic nitrogens is 5. The number of rotatable bonds is 5. The van der Waals surface area contributed by atoms with Gasteiger partial charge < -0.3 is 10.6 Å². The van der Waals surface area contributed by atoms with Crippen LogP contribution in [0.25, 0.3) is 11.0 Å². The molecular weight excluding hydrogens is 282 g/mol. The molecule has 0 aliphatic carbocycles. The zero-order valence-corrected chi connectivity index (χ0v) is 11.6. The minimum absolute atomic E-state index is 0.0506. The van der Waals surface area contributed by atoms with E-state index in [-0.39, 0.29) is 11.7 Å². The van der Waals surface area contributed by atoms with Crippen molar-refractivity contribution in [3.05, 3.63) is 48.5 Å². The van der Waals surface area contributed by atoms with E-state index in [1.165, 1.54) is 0 Å². The minimum Gasteiger partial charge on any atom is -0.352 e. The number of hydrogen-bond donors (Lipinski definition) is 2. The van der Waals surface area contributed by atoms with E-state index in [4.69, 9.17) is 0 Å². The number of benzene rings is 1. The maximum Gasteiger partial charge on any atom is 0.291 e. The fourth-order valence-electron chi connectivity index (χ4n) is 1.80. The molecule has 0 saturated heterocycles. The Kier molecular flexibility index (Phi) is 4.10.